The maximum absolute atomic E-state index is 6.00. The fourth-order valence-electron chi connectivity index (χ4n) is 2.09. The van der Waals surface area contributed by atoms with Gasteiger partial charge < -0.3 is 5.73 Å². The maximum Gasteiger partial charge on any atom is 0.0409 e. The van der Waals surface area contributed by atoms with Crippen molar-refractivity contribution >= 4 is 27.5 Å². The van der Waals surface area contributed by atoms with E-state index in [0.29, 0.717) is 6.54 Å². The van der Waals surface area contributed by atoms with E-state index in [-0.39, 0.29) is 5.41 Å². The summed E-state index contributed by atoms with van der Waals surface area (Å²) in [4.78, 5) is 0. The van der Waals surface area contributed by atoms with E-state index in [2.05, 4.69) is 15.9 Å². The molecule has 0 spiro atoms. The third-order valence-electron chi connectivity index (χ3n) is 3.20. The van der Waals surface area contributed by atoms with Gasteiger partial charge in [-0.2, -0.15) is 0 Å². The number of benzene rings is 1. The summed E-state index contributed by atoms with van der Waals surface area (Å²) < 4.78 is 1.13. The SMILES string of the molecule is NCC1(c2cc(Cl)ccc2Br)CCC1. The van der Waals surface area contributed by atoms with Crippen LogP contribution in [0.1, 0.15) is 24.8 Å². The minimum atomic E-state index is 0.184. The Kier molecular flexibility index (Phi) is 2.87. The fourth-order valence-corrected chi connectivity index (χ4v) is 2.93. The Hall–Kier alpha value is -0.0500. The van der Waals surface area contributed by atoms with Crippen LogP contribution in [0.2, 0.25) is 5.02 Å². The van der Waals surface area contributed by atoms with Gasteiger partial charge in [-0.3, -0.25) is 0 Å². The van der Waals surface area contributed by atoms with Crippen LogP contribution in [0.25, 0.3) is 0 Å². The largest absolute Gasteiger partial charge is 0.330 e. The quantitative estimate of drug-likeness (QED) is 0.878. The summed E-state index contributed by atoms with van der Waals surface area (Å²) >= 11 is 9.57. The van der Waals surface area contributed by atoms with Crippen LogP contribution in [0, 0.1) is 0 Å². The summed E-state index contributed by atoms with van der Waals surface area (Å²) in [6.07, 6.45) is 3.64. The van der Waals surface area contributed by atoms with E-state index >= 15 is 0 Å². The molecule has 0 bridgehead atoms. The number of halogens is 2. The molecule has 1 aliphatic carbocycles. The predicted octanol–water partition coefficient (Wildman–Crippen LogP) is 3.48. The van der Waals surface area contributed by atoms with Crippen molar-refractivity contribution in [1.29, 1.82) is 0 Å². The summed E-state index contributed by atoms with van der Waals surface area (Å²) in [7, 11) is 0. The van der Waals surface area contributed by atoms with Crippen LogP contribution in [0.3, 0.4) is 0 Å². The third kappa shape index (κ3) is 1.60. The van der Waals surface area contributed by atoms with Crippen molar-refractivity contribution in [2.24, 2.45) is 5.73 Å². The lowest BCUT2D eigenvalue weighted by atomic mass is 9.64. The molecule has 1 aliphatic rings. The van der Waals surface area contributed by atoms with Gasteiger partial charge in [0.15, 0.2) is 0 Å². The summed E-state index contributed by atoms with van der Waals surface area (Å²) in [5, 5.41) is 0.794. The second-order valence-electron chi connectivity index (χ2n) is 3.96. The van der Waals surface area contributed by atoms with Gasteiger partial charge in [0.1, 0.15) is 0 Å². The number of hydrogen-bond donors (Lipinski definition) is 1. The molecule has 0 aliphatic heterocycles. The van der Waals surface area contributed by atoms with Crippen LogP contribution in [0.4, 0.5) is 0 Å². The van der Waals surface area contributed by atoms with Crippen molar-refractivity contribution in [3.8, 4) is 0 Å². The fraction of sp³-hybridized carbons (Fsp3) is 0.455. The molecule has 1 saturated carbocycles. The van der Waals surface area contributed by atoms with E-state index < -0.39 is 0 Å². The Morgan fingerprint density at radius 1 is 1.43 bits per heavy atom. The molecule has 1 aromatic rings. The van der Waals surface area contributed by atoms with E-state index in [1.54, 1.807) is 0 Å². The predicted molar refractivity (Wildman–Crippen MR) is 63.7 cm³/mol. The molecule has 76 valence electrons. The first-order valence-corrected chi connectivity index (χ1v) is 6.01. The summed E-state index contributed by atoms with van der Waals surface area (Å²) in [5.41, 5.74) is 7.32. The lowest BCUT2D eigenvalue weighted by Crippen LogP contribution is -2.41. The first-order valence-electron chi connectivity index (χ1n) is 4.83. The number of rotatable bonds is 2. The summed E-state index contributed by atoms with van der Waals surface area (Å²) in [6, 6.07) is 5.95. The van der Waals surface area contributed by atoms with Crippen molar-refractivity contribution in [1.82, 2.24) is 0 Å². The van der Waals surface area contributed by atoms with Crippen LogP contribution < -0.4 is 5.73 Å². The highest BCUT2D eigenvalue weighted by Gasteiger charge is 2.38. The molecule has 0 amide bonds. The third-order valence-corrected chi connectivity index (χ3v) is 4.13. The first kappa shape index (κ1) is 10.5. The van der Waals surface area contributed by atoms with Gasteiger partial charge in [0.2, 0.25) is 0 Å². The highest BCUT2D eigenvalue weighted by molar-refractivity contribution is 9.10. The van der Waals surface area contributed by atoms with Gasteiger partial charge in [-0.25, -0.2) is 0 Å². The van der Waals surface area contributed by atoms with E-state index in [0.717, 1.165) is 9.50 Å². The molecule has 1 nitrogen and oxygen atoms in total. The topological polar surface area (TPSA) is 26.0 Å². The van der Waals surface area contributed by atoms with Crippen LogP contribution in [-0.2, 0) is 5.41 Å². The Morgan fingerprint density at radius 3 is 2.64 bits per heavy atom. The maximum atomic E-state index is 6.00. The minimum Gasteiger partial charge on any atom is -0.330 e. The standard InChI is InChI=1S/C11H13BrClN/c12-10-3-2-8(13)6-9(10)11(7-14)4-1-5-11/h2-3,6H,1,4-5,7,14H2. The molecule has 14 heavy (non-hydrogen) atoms. The molecule has 0 radical (unpaired) electrons. The molecule has 0 atom stereocenters. The molecule has 0 saturated heterocycles. The lowest BCUT2D eigenvalue weighted by molar-refractivity contribution is 0.252. The van der Waals surface area contributed by atoms with Crippen molar-refractivity contribution in [2.75, 3.05) is 6.54 Å². The zero-order valence-corrected chi connectivity index (χ0v) is 10.2. The molecular weight excluding hydrogens is 261 g/mol. The molecule has 0 heterocycles. The molecule has 3 heteroatoms. The second-order valence-corrected chi connectivity index (χ2v) is 5.25. The first-order chi connectivity index (χ1) is 6.68. The van der Waals surface area contributed by atoms with Crippen molar-refractivity contribution in [3.63, 3.8) is 0 Å². The van der Waals surface area contributed by atoms with Gasteiger partial charge in [0.25, 0.3) is 0 Å². The van der Waals surface area contributed by atoms with Gasteiger partial charge in [0, 0.05) is 21.5 Å². The molecule has 2 N–H and O–H groups in total. The highest BCUT2D eigenvalue weighted by Crippen LogP contribution is 2.46. The molecule has 0 unspecified atom stereocenters. The van der Waals surface area contributed by atoms with Gasteiger partial charge in [-0.15, -0.1) is 0 Å². The second kappa shape index (κ2) is 3.84. The zero-order chi connectivity index (χ0) is 10.2. The van der Waals surface area contributed by atoms with Crippen molar-refractivity contribution < 1.29 is 0 Å². The molecule has 2 rings (SSSR count). The Morgan fingerprint density at radius 2 is 2.14 bits per heavy atom. The van der Waals surface area contributed by atoms with Gasteiger partial charge in [0.05, 0.1) is 0 Å². The van der Waals surface area contributed by atoms with Crippen molar-refractivity contribution in [2.45, 2.75) is 24.7 Å². The molecule has 1 fully saturated rings. The highest BCUT2D eigenvalue weighted by atomic mass is 79.9. The van der Waals surface area contributed by atoms with E-state index in [1.165, 1.54) is 24.8 Å². The average Bonchev–Trinajstić information content (AvgIpc) is 2.10. The van der Waals surface area contributed by atoms with Gasteiger partial charge in [-0.1, -0.05) is 34.0 Å². The summed E-state index contributed by atoms with van der Waals surface area (Å²) in [5.74, 6) is 0. The molecule has 1 aromatic carbocycles. The molecule has 0 aromatic heterocycles. The van der Waals surface area contributed by atoms with E-state index in [9.17, 15) is 0 Å². The average molecular weight is 275 g/mol. The van der Waals surface area contributed by atoms with E-state index in [4.69, 9.17) is 17.3 Å². The van der Waals surface area contributed by atoms with Crippen LogP contribution in [-0.4, -0.2) is 6.54 Å². The minimum absolute atomic E-state index is 0.184. The van der Waals surface area contributed by atoms with Crippen LogP contribution in [0.5, 0.6) is 0 Å². The number of hydrogen-bond acceptors (Lipinski definition) is 1. The molecular formula is C11H13BrClN. The Balaban J connectivity index is 2.43. The Labute approximate surface area is 97.8 Å². The summed E-state index contributed by atoms with van der Waals surface area (Å²) in [6.45, 7) is 0.714. The smallest absolute Gasteiger partial charge is 0.0409 e. The normalized spacial score (nSPS) is 19.1. The Bertz CT molecular complexity index is 342. The van der Waals surface area contributed by atoms with Crippen LogP contribution in [0.15, 0.2) is 22.7 Å². The zero-order valence-electron chi connectivity index (χ0n) is 7.89. The van der Waals surface area contributed by atoms with Gasteiger partial charge >= 0.3 is 0 Å². The lowest BCUT2D eigenvalue weighted by Gasteiger charge is -2.42. The monoisotopic (exact) mass is 273 g/mol. The van der Waals surface area contributed by atoms with Crippen molar-refractivity contribution in [3.05, 3.63) is 33.3 Å². The number of nitrogens with two attached hydrogens (primary N) is 1. The van der Waals surface area contributed by atoms with Crippen LogP contribution >= 0.6 is 27.5 Å². The van der Waals surface area contributed by atoms with Gasteiger partial charge in [-0.05, 0) is 36.6 Å². The van der Waals surface area contributed by atoms with E-state index in [1.807, 2.05) is 18.2 Å².